The summed E-state index contributed by atoms with van der Waals surface area (Å²) in [6, 6.07) is 7.22. The molecule has 0 spiro atoms. The molecule has 5 nitrogen and oxygen atoms in total. The van der Waals surface area contributed by atoms with Gasteiger partial charge in [-0.25, -0.2) is 4.79 Å². The van der Waals surface area contributed by atoms with E-state index in [1.54, 1.807) is 12.1 Å². The Kier molecular flexibility index (Phi) is 4.85. The van der Waals surface area contributed by atoms with Gasteiger partial charge in [-0.3, -0.25) is 0 Å². The van der Waals surface area contributed by atoms with Gasteiger partial charge in [-0.15, -0.1) is 0 Å². The van der Waals surface area contributed by atoms with Gasteiger partial charge in [-0.2, -0.15) is 0 Å². The lowest BCUT2D eigenvalue weighted by atomic mass is 10.2. The summed E-state index contributed by atoms with van der Waals surface area (Å²) in [4.78, 5) is 14.6. The second-order valence-corrected chi connectivity index (χ2v) is 2.90. The molecule has 0 amide bonds. The summed E-state index contributed by atoms with van der Waals surface area (Å²) in [5.41, 5.74) is 0.814. The van der Waals surface area contributed by atoms with E-state index >= 15 is 0 Å². The molecular weight excluding hydrogens is 210 g/mol. The number of hydrogen-bond acceptors (Lipinski definition) is 4. The fraction of sp³-hybridized carbons (Fsp3) is 0.273. The van der Waals surface area contributed by atoms with Crippen molar-refractivity contribution in [3.63, 3.8) is 0 Å². The first kappa shape index (κ1) is 12.0. The minimum atomic E-state index is -1.05. The number of oxime groups is 1. The lowest BCUT2D eigenvalue weighted by Gasteiger charge is -2.01. The van der Waals surface area contributed by atoms with Crippen LogP contribution >= 0.6 is 0 Å². The summed E-state index contributed by atoms with van der Waals surface area (Å²) in [5.74, 6) is -0.269. The standard InChI is InChI=1S/C11H13NO4/c1-2-15-10-5-3-9(4-6-10)7-12-16-8-11(13)14/h3-7H,2,8H2,1H3,(H,13,14)/b12-7-. The van der Waals surface area contributed by atoms with Crippen LogP contribution in [0.3, 0.4) is 0 Å². The van der Waals surface area contributed by atoms with Gasteiger partial charge in [0.15, 0.2) is 0 Å². The number of nitrogens with zero attached hydrogens (tertiary/aromatic N) is 1. The highest BCUT2D eigenvalue weighted by molar-refractivity contribution is 5.79. The molecular formula is C11H13NO4. The SMILES string of the molecule is CCOc1ccc(/C=N\OCC(=O)O)cc1. The number of carboxylic acid groups (broad SMARTS) is 1. The van der Waals surface area contributed by atoms with Gasteiger partial charge in [0.25, 0.3) is 0 Å². The third-order valence-corrected chi connectivity index (χ3v) is 1.66. The number of ether oxygens (including phenoxy) is 1. The van der Waals surface area contributed by atoms with Crippen molar-refractivity contribution < 1.29 is 19.5 Å². The molecule has 0 heterocycles. The Morgan fingerprint density at radius 1 is 1.44 bits per heavy atom. The number of benzene rings is 1. The molecule has 1 aromatic rings. The summed E-state index contributed by atoms with van der Waals surface area (Å²) in [5, 5.41) is 11.8. The number of carbonyl (C=O) groups is 1. The summed E-state index contributed by atoms with van der Waals surface area (Å²) in [7, 11) is 0. The molecule has 0 saturated heterocycles. The van der Waals surface area contributed by atoms with Crippen molar-refractivity contribution in [1.29, 1.82) is 0 Å². The lowest BCUT2D eigenvalue weighted by molar-refractivity contribution is -0.142. The molecule has 0 bridgehead atoms. The van der Waals surface area contributed by atoms with Crippen molar-refractivity contribution in [3.05, 3.63) is 29.8 Å². The largest absolute Gasteiger partial charge is 0.494 e. The fourth-order valence-corrected chi connectivity index (χ4v) is 1.01. The minimum absolute atomic E-state index is 0.437. The molecule has 0 aliphatic rings. The second-order valence-electron chi connectivity index (χ2n) is 2.90. The van der Waals surface area contributed by atoms with Gasteiger partial charge < -0.3 is 14.7 Å². The smallest absolute Gasteiger partial charge is 0.344 e. The molecule has 0 radical (unpaired) electrons. The van der Waals surface area contributed by atoms with Crippen LogP contribution in [0, 0.1) is 0 Å². The molecule has 0 saturated carbocycles. The summed E-state index contributed by atoms with van der Waals surface area (Å²) >= 11 is 0. The van der Waals surface area contributed by atoms with Crippen LogP contribution in [-0.4, -0.2) is 30.5 Å². The molecule has 0 aromatic heterocycles. The Bertz CT molecular complexity index is 359. The van der Waals surface area contributed by atoms with E-state index in [0.29, 0.717) is 6.61 Å². The molecule has 0 unspecified atom stereocenters. The van der Waals surface area contributed by atoms with E-state index in [4.69, 9.17) is 9.84 Å². The first-order valence-corrected chi connectivity index (χ1v) is 4.82. The Labute approximate surface area is 93.3 Å². The van der Waals surface area contributed by atoms with Crippen molar-refractivity contribution in [1.82, 2.24) is 0 Å². The molecule has 0 atom stereocenters. The van der Waals surface area contributed by atoms with Gasteiger partial charge >= 0.3 is 5.97 Å². The number of rotatable bonds is 6. The van der Waals surface area contributed by atoms with E-state index in [1.807, 2.05) is 19.1 Å². The number of aliphatic carboxylic acids is 1. The van der Waals surface area contributed by atoms with Crippen molar-refractivity contribution >= 4 is 12.2 Å². The predicted octanol–water partition coefficient (Wildman–Crippen LogP) is 1.52. The van der Waals surface area contributed by atoms with Gasteiger partial charge in [0.2, 0.25) is 6.61 Å². The first-order chi connectivity index (χ1) is 7.72. The molecule has 16 heavy (non-hydrogen) atoms. The van der Waals surface area contributed by atoms with Crippen LogP contribution in [0.2, 0.25) is 0 Å². The third-order valence-electron chi connectivity index (χ3n) is 1.66. The quantitative estimate of drug-likeness (QED) is 0.586. The van der Waals surface area contributed by atoms with Crippen LogP contribution < -0.4 is 4.74 Å². The van der Waals surface area contributed by atoms with Crippen LogP contribution in [0.15, 0.2) is 29.4 Å². The zero-order chi connectivity index (χ0) is 11.8. The summed E-state index contributed by atoms with van der Waals surface area (Å²) in [6.45, 7) is 2.10. The van der Waals surface area contributed by atoms with Crippen LogP contribution in [-0.2, 0) is 9.63 Å². The van der Waals surface area contributed by atoms with Crippen LogP contribution in [0.4, 0.5) is 0 Å². The van der Waals surface area contributed by atoms with Gasteiger partial charge in [-0.05, 0) is 36.8 Å². The van der Waals surface area contributed by atoms with Crippen LogP contribution in [0.5, 0.6) is 5.75 Å². The van der Waals surface area contributed by atoms with E-state index in [1.165, 1.54) is 6.21 Å². The zero-order valence-corrected chi connectivity index (χ0v) is 8.92. The molecule has 5 heteroatoms. The normalized spacial score (nSPS) is 10.3. The van der Waals surface area contributed by atoms with Gasteiger partial charge in [-0.1, -0.05) is 5.16 Å². The Morgan fingerprint density at radius 2 is 2.12 bits per heavy atom. The van der Waals surface area contributed by atoms with E-state index in [9.17, 15) is 4.79 Å². The maximum atomic E-state index is 10.1. The third kappa shape index (κ3) is 4.45. The van der Waals surface area contributed by atoms with Crippen LogP contribution in [0.1, 0.15) is 12.5 Å². The van der Waals surface area contributed by atoms with E-state index in [0.717, 1.165) is 11.3 Å². The zero-order valence-electron chi connectivity index (χ0n) is 8.92. The molecule has 1 rings (SSSR count). The highest BCUT2D eigenvalue weighted by atomic mass is 16.6. The maximum absolute atomic E-state index is 10.1. The molecule has 86 valence electrons. The van der Waals surface area contributed by atoms with E-state index in [-0.39, 0.29) is 0 Å². The predicted molar refractivity (Wildman–Crippen MR) is 58.8 cm³/mol. The van der Waals surface area contributed by atoms with Crippen LogP contribution in [0.25, 0.3) is 0 Å². The molecule has 0 aliphatic carbocycles. The average molecular weight is 223 g/mol. The topological polar surface area (TPSA) is 68.1 Å². The molecule has 1 N–H and O–H groups in total. The van der Waals surface area contributed by atoms with Crippen molar-refractivity contribution in [2.75, 3.05) is 13.2 Å². The van der Waals surface area contributed by atoms with Gasteiger partial charge in [0, 0.05) is 0 Å². The van der Waals surface area contributed by atoms with E-state index < -0.39 is 12.6 Å². The second kappa shape index (κ2) is 6.44. The first-order valence-electron chi connectivity index (χ1n) is 4.82. The summed E-state index contributed by atoms with van der Waals surface area (Å²) < 4.78 is 5.26. The summed E-state index contributed by atoms with van der Waals surface area (Å²) in [6.07, 6.45) is 1.44. The van der Waals surface area contributed by atoms with Gasteiger partial charge in [0.05, 0.1) is 12.8 Å². The van der Waals surface area contributed by atoms with Crippen molar-refractivity contribution in [2.45, 2.75) is 6.92 Å². The van der Waals surface area contributed by atoms with Crippen molar-refractivity contribution in [3.8, 4) is 5.75 Å². The average Bonchev–Trinajstić information content (AvgIpc) is 2.27. The molecule has 0 aliphatic heterocycles. The Morgan fingerprint density at radius 3 is 2.69 bits per heavy atom. The number of carboxylic acids is 1. The minimum Gasteiger partial charge on any atom is -0.494 e. The number of hydrogen-bond donors (Lipinski definition) is 1. The van der Waals surface area contributed by atoms with E-state index in [2.05, 4.69) is 9.99 Å². The molecule has 0 fully saturated rings. The monoisotopic (exact) mass is 223 g/mol. The lowest BCUT2D eigenvalue weighted by Crippen LogP contribution is -2.03. The van der Waals surface area contributed by atoms with Crippen molar-refractivity contribution in [2.24, 2.45) is 5.16 Å². The molecule has 1 aromatic carbocycles. The highest BCUT2D eigenvalue weighted by Gasteiger charge is 1.94. The maximum Gasteiger partial charge on any atom is 0.344 e. The Balaban J connectivity index is 2.45. The van der Waals surface area contributed by atoms with Gasteiger partial charge in [0.1, 0.15) is 5.75 Å². The highest BCUT2D eigenvalue weighted by Crippen LogP contribution is 2.10. The Hall–Kier alpha value is -2.04. The fourth-order valence-electron chi connectivity index (χ4n) is 1.01.